The van der Waals surface area contributed by atoms with Crippen molar-refractivity contribution in [2.75, 3.05) is 5.32 Å². The number of rotatable bonds is 7. The summed E-state index contributed by atoms with van der Waals surface area (Å²) < 4.78 is 11.1. The number of amides is 1. The topological polar surface area (TPSA) is 68.5 Å². The Labute approximate surface area is 173 Å². The van der Waals surface area contributed by atoms with Crippen molar-refractivity contribution in [3.63, 3.8) is 0 Å². The Hall–Kier alpha value is -4.12. The first-order valence-electron chi connectivity index (χ1n) is 9.46. The van der Waals surface area contributed by atoms with Crippen LogP contribution < -0.4 is 10.1 Å². The van der Waals surface area contributed by atoms with Gasteiger partial charge in [-0.3, -0.25) is 9.59 Å². The number of carbonyl (C=O) groups excluding carboxylic acids is 2. The highest BCUT2D eigenvalue weighted by molar-refractivity contribution is 6.10. The molecule has 30 heavy (non-hydrogen) atoms. The lowest BCUT2D eigenvalue weighted by molar-refractivity contribution is 0.0991. The molecule has 0 spiro atoms. The van der Waals surface area contributed by atoms with Crippen LogP contribution in [0.5, 0.6) is 5.75 Å². The summed E-state index contributed by atoms with van der Waals surface area (Å²) >= 11 is 0. The summed E-state index contributed by atoms with van der Waals surface area (Å²) in [4.78, 5) is 25.4. The zero-order valence-electron chi connectivity index (χ0n) is 16.1. The van der Waals surface area contributed by atoms with Crippen molar-refractivity contribution >= 4 is 17.4 Å². The van der Waals surface area contributed by atoms with E-state index >= 15 is 0 Å². The summed E-state index contributed by atoms with van der Waals surface area (Å²) in [5.41, 5.74) is 2.22. The van der Waals surface area contributed by atoms with Crippen LogP contribution in [0.4, 0.5) is 5.69 Å². The number of hydrogen-bond acceptors (Lipinski definition) is 4. The molecule has 1 N–H and O–H groups in total. The van der Waals surface area contributed by atoms with E-state index in [-0.39, 0.29) is 18.2 Å². The molecule has 4 aromatic rings. The van der Waals surface area contributed by atoms with Crippen molar-refractivity contribution in [1.29, 1.82) is 0 Å². The SMILES string of the molecule is O=C(c1ccccc1)c1cccc(NC(=O)c2occc2COc2ccccc2)c1. The van der Waals surface area contributed by atoms with Crippen LogP contribution in [0.1, 0.15) is 32.0 Å². The van der Waals surface area contributed by atoms with Gasteiger partial charge in [-0.05, 0) is 30.3 Å². The van der Waals surface area contributed by atoms with Gasteiger partial charge in [0.15, 0.2) is 11.5 Å². The van der Waals surface area contributed by atoms with E-state index in [9.17, 15) is 9.59 Å². The molecule has 0 radical (unpaired) electrons. The van der Waals surface area contributed by atoms with E-state index in [1.54, 1.807) is 42.5 Å². The van der Waals surface area contributed by atoms with Crippen LogP contribution in [0.15, 0.2) is 102 Å². The average Bonchev–Trinajstić information content (AvgIpc) is 3.27. The Morgan fingerprint density at radius 2 is 1.50 bits per heavy atom. The number of nitrogens with one attached hydrogen (secondary N) is 1. The molecule has 0 unspecified atom stereocenters. The first kappa shape index (κ1) is 19.2. The third kappa shape index (κ3) is 4.47. The molecule has 5 heteroatoms. The first-order valence-corrected chi connectivity index (χ1v) is 9.46. The highest BCUT2D eigenvalue weighted by atomic mass is 16.5. The summed E-state index contributed by atoms with van der Waals surface area (Å²) in [5.74, 6) is 0.362. The maximum atomic E-state index is 12.7. The molecule has 0 aliphatic rings. The Kier molecular flexibility index (Phi) is 5.71. The summed E-state index contributed by atoms with van der Waals surface area (Å²) in [6.45, 7) is 0.204. The molecule has 0 aliphatic carbocycles. The summed E-state index contributed by atoms with van der Waals surface area (Å²) in [5, 5.41) is 2.79. The highest BCUT2D eigenvalue weighted by Crippen LogP contribution is 2.19. The monoisotopic (exact) mass is 397 g/mol. The largest absolute Gasteiger partial charge is 0.489 e. The quantitative estimate of drug-likeness (QED) is 0.427. The van der Waals surface area contributed by atoms with Gasteiger partial charge in [-0.1, -0.05) is 60.7 Å². The molecule has 0 bridgehead atoms. The fourth-order valence-electron chi connectivity index (χ4n) is 3.01. The van der Waals surface area contributed by atoms with Crippen molar-refractivity contribution < 1.29 is 18.7 Å². The fraction of sp³-hybridized carbons (Fsp3) is 0.0400. The number of furan rings is 1. The van der Waals surface area contributed by atoms with Crippen molar-refractivity contribution in [2.24, 2.45) is 0 Å². The highest BCUT2D eigenvalue weighted by Gasteiger charge is 2.17. The van der Waals surface area contributed by atoms with Gasteiger partial charge in [-0.2, -0.15) is 0 Å². The van der Waals surface area contributed by atoms with E-state index in [0.717, 1.165) is 0 Å². The smallest absolute Gasteiger partial charge is 0.291 e. The van der Waals surface area contributed by atoms with Gasteiger partial charge >= 0.3 is 0 Å². The Morgan fingerprint density at radius 1 is 0.800 bits per heavy atom. The molecule has 1 amide bonds. The van der Waals surface area contributed by atoms with E-state index < -0.39 is 5.91 Å². The summed E-state index contributed by atoms with van der Waals surface area (Å²) in [6.07, 6.45) is 1.45. The van der Waals surface area contributed by atoms with Gasteiger partial charge in [0.1, 0.15) is 12.4 Å². The van der Waals surface area contributed by atoms with E-state index in [1.807, 2.05) is 48.5 Å². The number of carbonyl (C=O) groups is 2. The summed E-state index contributed by atoms with van der Waals surface area (Å²) in [6, 6.07) is 26.9. The van der Waals surface area contributed by atoms with Crippen LogP contribution in [0, 0.1) is 0 Å². The van der Waals surface area contributed by atoms with Gasteiger partial charge in [0, 0.05) is 22.4 Å². The zero-order valence-corrected chi connectivity index (χ0v) is 16.1. The maximum absolute atomic E-state index is 12.7. The molecule has 0 fully saturated rings. The predicted octanol–water partition coefficient (Wildman–Crippen LogP) is 5.34. The second kappa shape index (κ2) is 8.92. The lowest BCUT2D eigenvalue weighted by Crippen LogP contribution is -2.14. The number of benzene rings is 3. The number of ether oxygens (including phenoxy) is 1. The maximum Gasteiger partial charge on any atom is 0.291 e. The van der Waals surface area contributed by atoms with Crippen molar-refractivity contribution in [3.05, 3.63) is 120 Å². The van der Waals surface area contributed by atoms with Gasteiger partial charge in [-0.25, -0.2) is 0 Å². The second-order valence-electron chi connectivity index (χ2n) is 6.61. The molecule has 0 aliphatic heterocycles. The molecule has 1 aromatic heterocycles. The Bertz CT molecular complexity index is 1150. The number of para-hydroxylation sites is 1. The van der Waals surface area contributed by atoms with Crippen LogP contribution in [-0.4, -0.2) is 11.7 Å². The molecule has 0 saturated heterocycles. The number of ketones is 1. The van der Waals surface area contributed by atoms with E-state index in [2.05, 4.69) is 5.32 Å². The standard InChI is InChI=1S/C25H19NO4/c27-23(18-8-3-1-4-9-18)19-10-7-11-21(16-19)26-25(28)24-20(14-15-29-24)17-30-22-12-5-2-6-13-22/h1-16H,17H2,(H,26,28). The van der Waals surface area contributed by atoms with Crippen LogP contribution in [0.25, 0.3) is 0 Å². The Morgan fingerprint density at radius 3 is 2.27 bits per heavy atom. The molecule has 5 nitrogen and oxygen atoms in total. The minimum atomic E-state index is -0.407. The van der Waals surface area contributed by atoms with Crippen LogP contribution >= 0.6 is 0 Å². The van der Waals surface area contributed by atoms with Crippen LogP contribution in [0.2, 0.25) is 0 Å². The van der Waals surface area contributed by atoms with E-state index in [1.165, 1.54) is 6.26 Å². The summed E-state index contributed by atoms with van der Waals surface area (Å²) in [7, 11) is 0. The van der Waals surface area contributed by atoms with Crippen LogP contribution in [0.3, 0.4) is 0 Å². The second-order valence-corrected chi connectivity index (χ2v) is 6.61. The minimum absolute atomic E-state index is 0.110. The molecular weight excluding hydrogens is 378 g/mol. The van der Waals surface area contributed by atoms with Crippen LogP contribution in [-0.2, 0) is 6.61 Å². The van der Waals surface area contributed by atoms with Gasteiger partial charge in [0.25, 0.3) is 5.91 Å². The fourth-order valence-corrected chi connectivity index (χ4v) is 3.01. The third-order valence-electron chi connectivity index (χ3n) is 4.51. The molecule has 0 atom stereocenters. The number of hydrogen-bond donors (Lipinski definition) is 1. The van der Waals surface area contributed by atoms with Gasteiger partial charge in [0.05, 0.1) is 6.26 Å². The van der Waals surface area contributed by atoms with Crippen molar-refractivity contribution in [1.82, 2.24) is 0 Å². The van der Waals surface area contributed by atoms with Gasteiger partial charge in [0.2, 0.25) is 0 Å². The zero-order chi connectivity index (χ0) is 20.8. The first-order chi connectivity index (χ1) is 14.7. The molecule has 3 aromatic carbocycles. The third-order valence-corrected chi connectivity index (χ3v) is 4.51. The van der Waals surface area contributed by atoms with Gasteiger partial charge in [-0.15, -0.1) is 0 Å². The van der Waals surface area contributed by atoms with E-state index in [0.29, 0.717) is 28.1 Å². The molecule has 148 valence electrons. The lowest BCUT2D eigenvalue weighted by Gasteiger charge is -2.08. The number of anilines is 1. The molecule has 0 saturated carbocycles. The minimum Gasteiger partial charge on any atom is -0.489 e. The molecule has 4 rings (SSSR count). The molecule has 1 heterocycles. The van der Waals surface area contributed by atoms with E-state index in [4.69, 9.17) is 9.15 Å². The van der Waals surface area contributed by atoms with Crippen molar-refractivity contribution in [3.8, 4) is 5.75 Å². The average molecular weight is 397 g/mol. The normalized spacial score (nSPS) is 10.4. The predicted molar refractivity (Wildman–Crippen MR) is 114 cm³/mol. The Balaban J connectivity index is 1.46. The van der Waals surface area contributed by atoms with Crippen molar-refractivity contribution in [2.45, 2.75) is 6.61 Å². The lowest BCUT2D eigenvalue weighted by atomic mass is 10.0. The molecular formula is C25H19NO4. The van der Waals surface area contributed by atoms with Gasteiger partial charge < -0.3 is 14.5 Å².